The zero-order valence-corrected chi connectivity index (χ0v) is 42.7. The van der Waals surface area contributed by atoms with Crippen LogP contribution in [0.5, 0.6) is 0 Å². The molecule has 2 nitrogen and oxygen atoms in total. The number of aryl methyl sites for hydroxylation is 1. The summed E-state index contributed by atoms with van der Waals surface area (Å²) in [6.07, 6.45) is -4.47. The first-order valence-electron chi connectivity index (χ1n) is 25.6. The third kappa shape index (κ3) is 6.85. The van der Waals surface area contributed by atoms with E-state index in [2.05, 4.69) is 240 Å². The summed E-state index contributed by atoms with van der Waals surface area (Å²) in [5, 5.41) is 2.50. The molecule has 10 aromatic rings. The van der Waals surface area contributed by atoms with Crippen molar-refractivity contribution in [2.45, 2.75) is 70.9 Å². The molecule has 0 saturated heterocycles. The van der Waals surface area contributed by atoms with Crippen molar-refractivity contribution in [2.24, 2.45) is 0 Å². The molecule has 1 unspecified atom stereocenters. The van der Waals surface area contributed by atoms with Gasteiger partial charge in [0.2, 0.25) is 0 Å². The van der Waals surface area contributed by atoms with Crippen molar-refractivity contribution in [3.05, 3.63) is 251 Å². The molecule has 0 radical (unpaired) electrons. The van der Waals surface area contributed by atoms with Crippen LogP contribution >= 0.6 is 0 Å². The Balaban J connectivity index is 1.11. The molecule has 0 bridgehead atoms. The van der Waals surface area contributed by atoms with Gasteiger partial charge in [0.25, 0.3) is 0 Å². The number of nitrogens with zero attached hydrogens (tertiary/aromatic N) is 2. The molecular weight excluding hydrogens is 914 g/mol. The zero-order valence-electron chi connectivity index (χ0n) is 42.7. The highest BCUT2D eigenvalue weighted by Crippen LogP contribution is 2.67. The highest BCUT2D eigenvalue weighted by Gasteiger charge is 2.53. The van der Waals surface area contributed by atoms with Crippen molar-refractivity contribution in [1.82, 2.24) is 0 Å². The van der Waals surface area contributed by atoms with Gasteiger partial charge >= 0.3 is 6.18 Å². The molecule has 1 atom stereocenters. The third-order valence-electron chi connectivity index (χ3n) is 16.0. The summed E-state index contributed by atoms with van der Waals surface area (Å²) in [5.41, 5.74) is 21.9. The Hall–Kier alpha value is -8.15. The fourth-order valence-corrected chi connectivity index (χ4v) is 12.4. The average molecular weight is 969 g/mol. The molecular formula is C69H55F3N2. The maximum atomic E-state index is 14.2. The summed E-state index contributed by atoms with van der Waals surface area (Å²) in [7, 11) is 0. The highest BCUT2D eigenvalue weighted by atomic mass is 19.4. The van der Waals surface area contributed by atoms with E-state index in [1.807, 2.05) is 0 Å². The normalized spacial score (nSPS) is 14.9. The quantitative estimate of drug-likeness (QED) is 0.164. The molecule has 0 aromatic heterocycles. The molecule has 0 fully saturated rings. The van der Waals surface area contributed by atoms with Gasteiger partial charge in [-0.3, -0.25) is 0 Å². The van der Waals surface area contributed by atoms with Gasteiger partial charge in [0, 0.05) is 34.1 Å². The van der Waals surface area contributed by atoms with Crippen molar-refractivity contribution in [3.63, 3.8) is 0 Å². The van der Waals surface area contributed by atoms with E-state index in [0.717, 1.165) is 45.1 Å². The van der Waals surface area contributed by atoms with Gasteiger partial charge < -0.3 is 9.80 Å². The molecule has 362 valence electrons. The number of rotatable bonds is 6. The number of hydrogen-bond acceptors (Lipinski definition) is 2. The van der Waals surface area contributed by atoms with Crippen molar-refractivity contribution in [3.8, 4) is 44.5 Å². The monoisotopic (exact) mass is 968 g/mol. The summed E-state index contributed by atoms with van der Waals surface area (Å²) >= 11 is 0. The number of anilines is 6. The first-order chi connectivity index (χ1) is 35.5. The topological polar surface area (TPSA) is 6.48 Å². The first kappa shape index (κ1) is 45.7. The van der Waals surface area contributed by atoms with Crippen LogP contribution in [0.3, 0.4) is 0 Å². The Bertz CT molecular complexity index is 3830. The largest absolute Gasteiger partial charge is 0.416 e. The van der Waals surface area contributed by atoms with Crippen molar-refractivity contribution >= 4 is 44.9 Å². The van der Waals surface area contributed by atoms with Crippen molar-refractivity contribution in [2.75, 3.05) is 9.80 Å². The molecule has 5 heteroatoms. The van der Waals surface area contributed by atoms with Crippen LogP contribution in [0.25, 0.3) is 55.3 Å². The van der Waals surface area contributed by atoms with Gasteiger partial charge in [-0.05, 0) is 197 Å². The summed E-state index contributed by atoms with van der Waals surface area (Å²) in [6, 6.07) is 72.6. The predicted molar refractivity (Wildman–Crippen MR) is 301 cm³/mol. The second kappa shape index (κ2) is 16.2. The molecule has 3 aliphatic carbocycles. The standard InChI is InChI=1S/C69H55F3N2/c1-42-19-27-46(28-20-42)73(47-29-21-43(22-30-47)66(2,3)4)50-35-37-54-55-38-36-51(74(48-31-23-44(24-32-48)67(5,6)7)49-33-25-45(26-34-49)69(70,71)72)40-62(55)68(61(54)39-50)60-18-11-10-15-57(60)65-58-17-12-16-56-52-13-8-9-14-53(52)59(64(56)58)41-63(65)68/h8-41H,1-7H3. The summed E-state index contributed by atoms with van der Waals surface area (Å²) in [6.45, 7) is 15.4. The summed E-state index contributed by atoms with van der Waals surface area (Å²) < 4.78 is 42.5. The lowest BCUT2D eigenvalue weighted by Crippen LogP contribution is -2.26. The van der Waals surface area contributed by atoms with Crippen molar-refractivity contribution in [1.29, 1.82) is 0 Å². The second-order valence-electron chi connectivity index (χ2n) is 22.5. The van der Waals surface area contributed by atoms with Gasteiger partial charge in [0.1, 0.15) is 0 Å². The SMILES string of the molecule is Cc1ccc(N(c2ccc(C(C)(C)C)cc2)c2ccc3c(c2)C2(c4cc(N(c5ccc(C(C)(C)C)cc5)c5ccc(C(F)(F)F)cc5)ccc4-3)c3ccccc3-c3c2cc2c4c(cccc34)-c3ccccc3-2)cc1. The van der Waals surface area contributed by atoms with Crippen LogP contribution in [0, 0.1) is 6.92 Å². The molecule has 0 aliphatic heterocycles. The van der Waals surface area contributed by atoms with Gasteiger partial charge in [-0.25, -0.2) is 0 Å². The first-order valence-corrected chi connectivity index (χ1v) is 25.6. The van der Waals surface area contributed by atoms with Gasteiger partial charge in [0.15, 0.2) is 0 Å². The predicted octanol–water partition coefficient (Wildman–Crippen LogP) is 19.7. The van der Waals surface area contributed by atoms with E-state index in [4.69, 9.17) is 0 Å². The zero-order chi connectivity index (χ0) is 51.1. The van der Waals surface area contributed by atoms with E-state index in [9.17, 15) is 13.2 Å². The van der Waals surface area contributed by atoms with Crippen LogP contribution in [0.2, 0.25) is 0 Å². The third-order valence-corrected chi connectivity index (χ3v) is 16.0. The molecule has 1 spiro atoms. The van der Waals surface area contributed by atoms with E-state index in [1.54, 1.807) is 12.1 Å². The van der Waals surface area contributed by atoms with Crippen LogP contribution in [0.1, 0.15) is 86.1 Å². The Morgan fingerprint density at radius 1 is 0.338 bits per heavy atom. The lowest BCUT2D eigenvalue weighted by Gasteiger charge is -2.34. The molecule has 3 aliphatic rings. The van der Waals surface area contributed by atoms with Gasteiger partial charge in [-0.1, -0.05) is 162 Å². The molecule has 0 N–H and O–H groups in total. The Kier molecular flexibility index (Phi) is 9.99. The van der Waals surface area contributed by atoms with Crippen LogP contribution < -0.4 is 9.80 Å². The molecule has 74 heavy (non-hydrogen) atoms. The Morgan fingerprint density at radius 3 is 1.24 bits per heavy atom. The van der Waals surface area contributed by atoms with Gasteiger partial charge in [-0.2, -0.15) is 13.2 Å². The van der Waals surface area contributed by atoms with Crippen LogP contribution in [-0.2, 0) is 22.4 Å². The fraction of sp³-hybridized carbons (Fsp3) is 0.159. The maximum absolute atomic E-state index is 14.2. The van der Waals surface area contributed by atoms with Gasteiger partial charge in [-0.15, -0.1) is 0 Å². The van der Waals surface area contributed by atoms with E-state index in [1.165, 1.54) is 89.7 Å². The summed E-state index contributed by atoms with van der Waals surface area (Å²) in [5.74, 6) is 0. The minimum atomic E-state index is -4.47. The molecule has 0 heterocycles. The van der Waals surface area contributed by atoms with Crippen LogP contribution in [0.4, 0.5) is 47.3 Å². The average Bonchev–Trinajstić information content (AvgIpc) is 3.99. The lowest BCUT2D eigenvalue weighted by molar-refractivity contribution is -0.137. The number of halogens is 3. The van der Waals surface area contributed by atoms with Crippen LogP contribution in [0.15, 0.2) is 206 Å². The number of hydrogen-bond donors (Lipinski definition) is 0. The van der Waals surface area contributed by atoms with E-state index in [0.29, 0.717) is 5.69 Å². The van der Waals surface area contributed by atoms with E-state index in [-0.39, 0.29) is 10.8 Å². The second-order valence-corrected chi connectivity index (χ2v) is 22.5. The van der Waals surface area contributed by atoms with Crippen molar-refractivity contribution < 1.29 is 13.2 Å². The summed E-state index contributed by atoms with van der Waals surface area (Å²) in [4.78, 5) is 4.49. The van der Waals surface area contributed by atoms with Crippen LogP contribution in [-0.4, -0.2) is 0 Å². The Labute approximate surface area is 432 Å². The fourth-order valence-electron chi connectivity index (χ4n) is 12.4. The minimum Gasteiger partial charge on any atom is -0.310 e. The van der Waals surface area contributed by atoms with E-state index < -0.39 is 17.2 Å². The Morgan fingerprint density at radius 2 is 0.757 bits per heavy atom. The molecule has 0 amide bonds. The molecule has 10 aromatic carbocycles. The highest BCUT2D eigenvalue weighted by molar-refractivity contribution is 6.21. The minimum absolute atomic E-state index is 0.00913. The number of benzene rings is 10. The number of alkyl halides is 3. The van der Waals surface area contributed by atoms with Gasteiger partial charge in [0.05, 0.1) is 11.0 Å². The number of fused-ring (bicyclic) bond motifs is 14. The van der Waals surface area contributed by atoms with E-state index >= 15 is 0 Å². The lowest BCUT2D eigenvalue weighted by atomic mass is 9.70. The molecule has 0 saturated carbocycles. The maximum Gasteiger partial charge on any atom is 0.416 e. The molecule has 13 rings (SSSR count). The smallest absolute Gasteiger partial charge is 0.310 e.